The van der Waals surface area contributed by atoms with Gasteiger partial charge in [-0.1, -0.05) is 36.6 Å². The van der Waals surface area contributed by atoms with Gasteiger partial charge in [-0.3, -0.25) is 0 Å². The van der Waals surface area contributed by atoms with Crippen LogP contribution in [-0.4, -0.2) is 10.1 Å². The summed E-state index contributed by atoms with van der Waals surface area (Å²) in [7, 11) is 0. The molecule has 1 aromatic heterocycles. The van der Waals surface area contributed by atoms with Gasteiger partial charge in [0.15, 0.2) is 5.82 Å². The summed E-state index contributed by atoms with van der Waals surface area (Å²) >= 11 is 0. The normalized spacial score (nSPS) is 18.1. The first kappa shape index (κ1) is 13.3. The van der Waals surface area contributed by atoms with E-state index < -0.39 is 5.54 Å². The highest BCUT2D eigenvalue weighted by atomic mass is 16.5. The molecule has 1 aliphatic rings. The van der Waals surface area contributed by atoms with Gasteiger partial charge < -0.3 is 10.3 Å². The van der Waals surface area contributed by atoms with E-state index in [-0.39, 0.29) is 0 Å². The predicted molar refractivity (Wildman–Crippen MR) is 78.2 cm³/mol. The van der Waals surface area contributed by atoms with Crippen molar-refractivity contribution in [1.82, 2.24) is 10.1 Å². The minimum Gasteiger partial charge on any atom is -0.334 e. The van der Waals surface area contributed by atoms with Crippen molar-refractivity contribution in [2.24, 2.45) is 5.73 Å². The monoisotopic (exact) mass is 271 g/mol. The number of hydrogen-bond donors (Lipinski definition) is 1. The lowest BCUT2D eigenvalue weighted by molar-refractivity contribution is 0.275. The van der Waals surface area contributed by atoms with Gasteiger partial charge in [0, 0.05) is 5.56 Å². The van der Waals surface area contributed by atoms with E-state index in [9.17, 15) is 0 Å². The van der Waals surface area contributed by atoms with E-state index >= 15 is 0 Å². The molecule has 0 atom stereocenters. The Morgan fingerprint density at radius 2 is 1.90 bits per heavy atom. The van der Waals surface area contributed by atoms with Crippen LogP contribution in [0, 0.1) is 13.8 Å². The smallest absolute Gasteiger partial charge is 0.258 e. The zero-order chi connectivity index (χ0) is 14.2. The first-order chi connectivity index (χ1) is 9.60. The Kier molecular flexibility index (Phi) is 3.34. The maximum absolute atomic E-state index is 6.45. The van der Waals surface area contributed by atoms with Gasteiger partial charge in [-0.2, -0.15) is 4.98 Å². The summed E-state index contributed by atoms with van der Waals surface area (Å²) in [5.41, 5.74) is 9.46. The van der Waals surface area contributed by atoms with E-state index in [0.717, 1.165) is 31.2 Å². The van der Waals surface area contributed by atoms with Crippen LogP contribution in [0.25, 0.3) is 11.5 Å². The second-order valence-electron chi connectivity index (χ2n) is 5.89. The molecule has 0 spiro atoms. The Bertz CT molecular complexity index is 612. The number of nitrogens with zero attached hydrogens (tertiary/aromatic N) is 2. The molecule has 1 aromatic carbocycles. The molecule has 3 rings (SSSR count). The first-order valence-corrected chi connectivity index (χ1v) is 7.30. The van der Waals surface area contributed by atoms with Gasteiger partial charge in [0.2, 0.25) is 0 Å². The SMILES string of the molecule is Cc1cccc(-c2nc(C3(N)CCCCC3)no2)c1C. The second kappa shape index (κ2) is 5.02. The molecule has 1 heterocycles. The third kappa shape index (κ3) is 2.24. The Morgan fingerprint density at radius 1 is 1.15 bits per heavy atom. The summed E-state index contributed by atoms with van der Waals surface area (Å²) in [6.07, 6.45) is 5.42. The van der Waals surface area contributed by atoms with Crippen LogP contribution in [-0.2, 0) is 5.54 Å². The summed E-state index contributed by atoms with van der Waals surface area (Å²) < 4.78 is 5.46. The molecule has 20 heavy (non-hydrogen) atoms. The number of benzene rings is 1. The molecule has 2 aromatic rings. The number of hydrogen-bond acceptors (Lipinski definition) is 4. The van der Waals surface area contributed by atoms with Crippen LogP contribution < -0.4 is 5.73 Å². The van der Waals surface area contributed by atoms with Crippen molar-refractivity contribution >= 4 is 0 Å². The quantitative estimate of drug-likeness (QED) is 0.908. The molecule has 1 aliphatic carbocycles. The first-order valence-electron chi connectivity index (χ1n) is 7.30. The number of rotatable bonds is 2. The fraction of sp³-hybridized carbons (Fsp3) is 0.500. The van der Waals surface area contributed by atoms with Crippen molar-refractivity contribution in [2.45, 2.75) is 51.5 Å². The lowest BCUT2D eigenvalue weighted by Crippen LogP contribution is -2.39. The van der Waals surface area contributed by atoms with Crippen LogP contribution >= 0.6 is 0 Å². The van der Waals surface area contributed by atoms with E-state index in [1.807, 2.05) is 12.1 Å². The van der Waals surface area contributed by atoms with Crippen LogP contribution in [0.2, 0.25) is 0 Å². The number of aryl methyl sites for hydroxylation is 1. The second-order valence-corrected chi connectivity index (χ2v) is 5.89. The van der Waals surface area contributed by atoms with Crippen LogP contribution in [0.1, 0.15) is 49.1 Å². The molecular formula is C16H21N3O. The van der Waals surface area contributed by atoms with Gasteiger partial charge in [-0.15, -0.1) is 0 Å². The maximum Gasteiger partial charge on any atom is 0.258 e. The van der Waals surface area contributed by atoms with Gasteiger partial charge in [-0.25, -0.2) is 0 Å². The lowest BCUT2D eigenvalue weighted by Gasteiger charge is -2.29. The molecule has 0 bridgehead atoms. The van der Waals surface area contributed by atoms with Gasteiger partial charge in [0.1, 0.15) is 0 Å². The van der Waals surface area contributed by atoms with Crippen molar-refractivity contribution < 1.29 is 4.52 Å². The Labute approximate surface area is 119 Å². The van der Waals surface area contributed by atoms with Crippen molar-refractivity contribution in [2.75, 3.05) is 0 Å². The molecule has 0 radical (unpaired) electrons. The van der Waals surface area contributed by atoms with E-state index in [4.69, 9.17) is 10.3 Å². The van der Waals surface area contributed by atoms with Crippen LogP contribution in [0.15, 0.2) is 22.7 Å². The standard InChI is InChI=1S/C16H21N3O/c1-11-7-6-8-13(12(11)2)14-18-15(19-20-14)16(17)9-4-3-5-10-16/h6-8H,3-5,9-10,17H2,1-2H3. The van der Waals surface area contributed by atoms with Crippen molar-refractivity contribution in [1.29, 1.82) is 0 Å². The minimum atomic E-state index is -0.405. The van der Waals surface area contributed by atoms with Crippen LogP contribution in [0.5, 0.6) is 0 Å². The molecule has 2 N–H and O–H groups in total. The summed E-state index contributed by atoms with van der Waals surface area (Å²) in [5.74, 6) is 1.24. The highest BCUT2D eigenvalue weighted by Crippen LogP contribution is 2.34. The van der Waals surface area contributed by atoms with E-state index in [1.54, 1.807) is 0 Å². The number of nitrogens with two attached hydrogens (primary N) is 1. The van der Waals surface area contributed by atoms with Gasteiger partial charge in [0.25, 0.3) is 5.89 Å². The summed E-state index contributed by atoms with van der Waals surface area (Å²) in [5, 5.41) is 4.15. The van der Waals surface area contributed by atoms with Crippen molar-refractivity contribution in [3.8, 4) is 11.5 Å². The van der Waals surface area contributed by atoms with Crippen LogP contribution in [0.4, 0.5) is 0 Å². The highest BCUT2D eigenvalue weighted by molar-refractivity contribution is 5.60. The molecule has 0 amide bonds. The topological polar surface area (TPSA) is 64.9 Å². The zero-order valence-electron chi connectivity index (χ0n) is 12.1. The molecule has 4 heteroatoms. The average molecular weight is 271 g/mol. The van der Waals surface area contributed by atoms with E-state index in [0.29, 0.717) is 11.7 Å². The Hall–Kier alpha value is -1.68. The summed E-state index contributed by atoms with van der Waals surface area (Å²) in [6.45, 7) is 4.16. The summed E-state index contributed by atoms with van der Waals surface area (Å²) in [6, 6.07) is 6.12. The molecule has 0 unspecified atom stereocenters. The average Bonchev–Trinajstić information content (AvgIpc) is 2.93. The van der Waals surface area contributed by atoms with Crippen molar-refractivity contribution in [3.63, 3.8) is 0 Å². The molecule has 106 valence electrons. The fourth-order valence-electron chi connectivity index (χ4n) is 2.92. The van der Waals surface area contributed by atoms with Crippen molar-refractivity contribution in [3.05, 3.63) is 35.2 Å². The molecule has 0 aliphatic heterocycles. The van der Waals surface area contributed by atoms with E-state index in [2.05, 4.69) is 30.1 Å². The lowest BCUT2D eigenvalue weighted by atomic mass is 9.82. The van der Waals surface area contributed by atoms with Gasteiger partial charge >= 0.3 is 0 Å². The predicted octanol–water partition coefficient (Wildman–Crippen LogP) is 3.47. The maximum atomic E-state index is 6.45. The molecule has 1 fully saturated rings. The third-order valence-corrected chi connectivity index (χ3v) is 4.45. The van der Waals surface area contributed by atoms with Crippen LogP contribution in [0.3, 0.4) is 0 Å². The van der Waals surface area contributed by atoms with E-state index in [1.165, 1.54) is 17.5 Å². The summed E-state index contributed by atoms with van der Waals surface area (Å²) in [4.78, 5) is 4.58. The molecule has 0 saturated heterocycles. The minimum absolute atomic E-state index is 0.405. The van der Waals surface area contributed by atoms with Gasteiger partial charge in [-0.05, 0) is 43.9 Å². The fourth-order valence-corrected chi connectivity index (χ4v) is 2.92. The largest absolute Gasteiger partial charge is 0.334 e. The number of aromatic nitrogens is 2. The zero-order valence-corrected chi connectivity index (χ0v) is 12.1. The van der Waals surface area contributed by atoms with Gasteiger partial charge in [0.05, 0.1) is 5.54 Å². The molecular weight excluding hydrogens is 250 g/mol. The Morgan fingerprint density at radius 3 is 2.65 bits per heavy atom. The molecule has 1 saturated carbocycles. The third-order valence-electron chi connectivity index (χ3n) is 4.45. The molecule has 4 nitrogen and oxygen atoms in total. The Balaban J connectivity index is 1.96. The highest BCUT2D eigenvalue weighted by Gasteiger charge is 2.34.